The van der Waals surface area contributed by atoms with Gasteiger partial charge >= 0.3 is 0 Å². The number of pyridine rings is 1. The molecular weight excluding hydrogens is 228 g/mol. The van der Waals surface area contributed by atoms with Crippen molar-refractivity contribution in [3.63, 3.8) is 0 Å². The van der Waals surface area contributed by atoms with Crippen molar-refractivity contribution in [1.82, 2.24) is 10.3 Å². The molecule has 0 saturated heterocycles. The van der Waals surface area contributed by atoms with E-state index in [1.807, 2.05) is 6.07 Å². The lowest BCUT2D eigenvalue weighted by Crippen LogP contribution is -2.51. The Morgan fingerprint density at radius 3 is 2.72 bits per heavy atom. The Labute approximate surface area is 106 Å². The summed E-state index contributed by atoms with van der Waals surface area (Å²) in [5.41, 5.74) is 6.26. The molecule has 1 aliphatic carbocycles. The van der Waals surface area contributed by atoms with Crippen molar-refractivity contribution in [3.05, 3.63) is 29.6 Å². The van der Waals surface area contributed by atoms with Crippen molar-refractivity contribution >= 4 is 5.91 Å². The number of hydrogen-bond acceptors (Lipinski definition) is 4. The van der Waals surface area contributed by atoms with Crippen LogP contribution in [0.2, 0.25) is 0 Å². The van der Waals surface area contributed by atoms with Crippen LogP contribution in [0.1, 0.15) is 41.7 Å². The van der Waals surface area contributed by atoms with E-state index in [1.54, 1.807) is 12.1 Å². The number of carbonyl (C=O) groups is 1. The third-order valence-electron chi connectivity index (χ3n) is 3.46. The molecule has 5 heteroatoms. The van der Waals surface area contributed by atoms with Gasteiger partial charge in [-0.3, -0.25) is 4.79 Å². The highest BCUT2D eigenvalue weighted by atomic mass is 16.2. The third-order valence-corrected chi connectivity index (χ3v) is 3.46. The lowest BCUT2D eigenvalue weighted by atomic mass is 9.97. The molecule has 2 rings (SSSR count). The average Bonchev–Trinajstić information content (AvgIpc) is 2.88. The second-order valence-corrected chi connectivity index (χ2v) is 4.69. The third kappa shape index (κ3) is 2.49. The van der Waals surface area contributed by atoms with Crippen molar-refractivity contribution < 1.29 is 4.79 Å². The van der Waals surface area contributed by atoms with Gasteiger partial charge in [0.25, 0.3) is 5.91 Å². The average molecular weight is 244 g/mol. The number of carbonyl (C=O) groups excluding carboxylic acids is 1. The van der Waals surface area contributed by atoms with Gasteiger partial charge in [-0.1, -0.05) is 12.8 Å². The summed E-state index contributed by atoms with van der Waals surface area (Å²) < 4.78 is 0. The molecule has 0 aliphatic heterocycles. The number of nitriles is 1. The predicted octanol–water partition coefficient (Wildman–Crippen LogP) is 0.955. The molecule has 0 spiro atoms. The fraction of sp³-hybridized carbons (Fsp3) is 0.462. The molecule has 1 heterocycles. The monoisotopic (exact) mass is 244 g/mol. The zero-order valence-corrected chi connectivity index (χ0v) is 10.1. The van der Waals surface area contributed by atoms with E-state index in [0.29, 0.717) is 17.8 Å². The number of nitrogens with two attached hydrogens (primary N) is 1. The van der Waals surface area contributed by atoms with Crippen LogP contribution in [0.15, 0.2) is 18.3 Å². The minimum atomic E-state index is -0.271. The van der Waals surface area contributed by atoms with Crippen molar-refractivity contribution in [3.8, 4) is 6.07 Å². The molecule has 0 bridgehead atoms. The molecule has 5 nitrogen and oxygen atoms in total. The summed E-state index contributed by atoms with van der Waals surface area (Å²) in [5.74, 6) is -0.216. The summed E-state index contributed by atoms with van der Waals surface area (Å²) in [5, 5.41) is 11.7. The first-order valence-corrected chi connectivity index (χ1v) is 6.08. The standard InChI is InChI=1S/C13H16N4O/c14-7-10-3-4-11(16-8-10)12(18)17-13(9-15)5-1-2-6-13/h3-4,8H,1-2,5-6,9,15H2,(H,17,18). The molecule has 94 valence electrons. The van der Waals surface area contributed by atoms with E-state index in [4.69, 9.17) is 11.0 Å². The maximum atomic E-state index is 12.1. The molecule has 3 N–H and O–H groups in total. The van der Waals surface area contributed by atoms with Crippen LogP contribution in [0.4, 0.5) is 0 Å². The van der Waals surface area contributed by atoms with Gasteiger partial charge in [-0.25, -0.2) is 4.98 Å². The van der Waals surface area contributed by atoms with Gasteiger partial charge in [0.2, 0.25) is 0 Å². The van der Waals surface area contributed by atoms with Crippen LogP contribution in [0.3, 0.4) is 0 Å². The first-order valence-electron chi connectivity index (χ1n) is 6.08. The molecule has 1 aromatic heterocycles. The summed E-state index contributed by atoms with van der Waals surface area (Å²) in [7, 11) is 0. The Morgan fingerprint density at radius 1 is 1.50 bits per heavy atom. The number of nitrogens with one attached hydrogen (secondary N) is 1. The molecule has 0 radical (unpaired) electrons. The molecule has 1 aliphatic rings. The lowest BCUT2D eigenvalue weighted by Gasteiger charge is -2.28. The Bertz CT molecular complexity index is 469. The Kier molecular flexibility index (Phi) is 3.58. The summed E-state index contributed by atoms with van der Waals surface area (Å²) in [4.78, 5) is 16.0. The van der Waals surface area contributed by atoms with Gasteiger partial charge in [0.05, 0.1) is 11.1 Å². The van der Waals surface area contributed by atoms with Gasteiger partial charge in [0.15, 0.2) is 0 Å². The van der Waals surface area contributed by atoms with Crippen molar-refractivity contribution in [2.45, 2.75) is 31.2 Å². The number of nitrogens with zero attached hydrogens (tertiary/aromatic N) is 2. The summed E-state index contributed by atoms with van der Waals surface area (Å²) in [6, 6.07) is 5.12. The molecule has 1 saturated carbocycles. The normalized spacial score (nSPS) is 17.1. The largest absolute Gasteiger partial charge is 0.344 e. The number of aromatic nitrogens is 1. The highest BCUT2D eigenvalue weighted by Crippen LogP contribution is 2.28. The highest BCUT2D eigenvalue weighted by molar-refractivity contribution is 5.92. The van der Waals surface area contributed by atoms with Gasteiger partial charge in [-0.05, 0) is 25.0 Å². The Hall–Kier alpha value is -1.93. The topological polar surface area (TPSA) is 91.8 Å². The van der Waals surface area contributed by atoms with Gasteiger partial charge in [-0.15, -0.1) is 0 Å². The van der Waals surface area contributed by atoms with Crippen LogP contribution in [0.25, 0.3) is 0 Å². The smallest absolute Gasteiger partial charge is 0.270 e. The van der Waals surface area contributed by atoms with Gasteiger partial charge in [-0.2, -0.15) is 5.26 Å². The maximum Gasteiger partial charge on any atom is 0.270 e. The quantitative estimate of drug-likeness (QED) is 0.828. The van der Waals surface area contributed by atoms with E-state index < -0.39 is 0 Å². The summed E-state index contributed by atoms with van der Waals surface area (Å²) in [6.45, 7) is 0.453. The van der Waals surface area contributed by atoms with Crippen molar-refractivity contribution in [2.24, 2.45) is 5.73 Å². The van der Waals surface area contributed by atoms with Crippen LogP contribution < -0.4 is 11.1 Å². The molecule has 1 aromatic rings. The molecule has 1 amide bonds. The second-order valence-electron chi connectivity index (χ2n) is 4.69. The van der Waals surface area contributed by atoms with Crippen LogP contribution in [-0.2, 0) is 0 Å². The SMILES string of the molecule is N#Cc1ccc(C(=O)NC2(CN)CCCC2)nc1. The molecule has 18 heavy (non-hydrogen) atoms. The number of hydrogen-bond donors (Lipinski definition) is 2. The number of rotatable bonds is 3. The maximum absolute atomic E-state index is 12.1. The van der Waals surface area contributed by atoms with Crippen LogP contribution >= 0.6 is 0 Å². The fourth-order valence-corrected chi connectivity index (χ4v) is 2.33. The van der Waals surface area contributed by atoms with E-state index in [9.17, 15) is 4.79 Å². The van der Waals surface area contributed by atoms with Crippen LogP contribution in [0.5, 0.6) is 0 Å². The second kappa shape index (κ2) is 5.15. The van der Waals surface area contributed by atoms with E-state index in [1.165, 1.54) is 6.20 Å². The molecular formula is C13H16N4O. The summed E-state index contributed by atoms with van der Waals surface area (Å²) in [6.07, 6.45) is 5.44. The van der Waals surface area contributed by atoms with Crippen LogP contribution in [-0.4, -0.2) is 23.0 Å². The van der Waals surface area contributed by atoms with Gasteiger partial charge in [0.1, 0.15) is 11.8 Å². The summed E-state index contributed by atoms with van der Waals surface area (Å²) >= 11 is 0. The van der Waals surface area contributed by atoms with Gasteiger partial charge in [0, 0.05) is 12.7 Å². The lowest BCUT2D eigenvalue weighted by molar-refractivity contribution is 0.0898. The molecule has 0 unspecified atom stereocenters. The van der Waals surface area contributed by atoms with Crippen LogP contribution in [0, 0.1) is 11.3 Å². The number of amides is 1. The zero-order valence-electron chi connectivity index (χ0n) is 10.1. The van der Waals surface area contributed by atoms with E-state index in [-0.39, 0.29) is 11.4 Å². The van der Waals surface area contributed by atoms with Gasteiger partial charge < -0.3 is 11.1 Å². The minimum absolute atomic E-state index is 0.216. The van der Waals surface area contributed by atoms with E-state index >= 15 is 0 Å². The zero-order chi connectivity index (χ0) is 13.0. The molecule has 0 aromatic carbocycles. The highest BCUT2D eigenvalue weighted by Gasteiger charge is 2.34. The molecule has 1 fully saturated rings. The predicted molar refractivity (Wildman–Crippen MR) is 66.7 cm³/mol. The van der Waals surface area contributed by atoms with E-state index in [2.05, 4.69) is 10.3 Å². The van der Waals surface area contributed by atoms with Crippen molar-refractivity contribution in [1.29, 1.82) is 5.26 Å². The molecule has 0 atom stereocenters. The first-order chi connectivity index (χ1) is 8.69. The minimum Gasteiger partial charge on any atom is -0.344 e. The Balaban J connectivity index is 2.09. The van der Waals surface area contributed by atoms with E-state index in [0.717, 1.165) is 25.7 Å². The first kappa shape index (κ1) is 12.5. The fourth-order valence-electron chi connectivity index (χ4n) is 2.33. The van der Waals surface area contributed by atoms with Crippen molar-refractivity contribution in [2.75, 3.05) is 6.54 Å². The Morgan fingerprint density at radius 2 is 2.22 bits per heavy atom.